The van der Waals surface area contributed by atoms with Crippen LogP contribution in [0.1, 0.15) is 44.6 Å². The van der Waals surface area contributed by atoms with E-state index in [1.165, 1.54) is 0 Å². The molecule has 0 aromatic heterocycles. The van der Waals surface area contributed by atoms with E-state index in [-0.39, 0.29) is 11.9 Å². The number of carbonyl (C=O) groups excluding carboxylic acids is 2. The minimum atomic E-state index is -0.321. The molecule has 3 N–H and O–H groups in total. The number of nitrogens with two attached hydrogens (primary N) is 1. The number of nitrogens with one attached hydrogen (secondary N) is 1. The molecule has 0 saturated carbocycles. The molecule has 0 saturated heterocycles. The summed E-state index contributed by atoms with van der Waals surface area (Å²) in [6.45, 7) is 6.31. The monoisotopic (exact) mass is 332 g/mol. The Hall–Kier alpha value is -2.30. The number of ether oxygens (including phenoxy) is 1. The van der Waals surface area contributed by atoms with E-state index in [9.17, 15) is 9.59 Å². The fraction of sp³-hybridized carbons (Fsp3) is 0.474. The van der Waals surface area contributed by atoms with E-state index < -0.39 is 0 Å². The standard InChI is InChI=1S/C19H28N2O3/c1-15(2)19(23)24-12-7-5-3-4-6-11-21-18(22)14-16-9-8-10-17(20)13-16/h8-10,13H,1,3-7,11-12,14,20H2,2H3,(H,21,22). The van der Waals surface area contributed by atoms with Crippen molar-refractivity contribution < 1.29 is 14.3 Å². The van der Waals surface area contributed by atoms with Crippen LogP contribution in [0.15, 0.2) is 36.4 Å². The van der Waals surface area contributed by atoms with Gasteiger partial charge < -0.3 is 15.8 Å². The van der Waals surface area contributed by atoms with Crippen molar-refractivity contribution in [3.63, 3.8) is 0 Å². The fourth-order valence-electron chi connectivity index (χ4n) is 2.22. The van der Waals surface area contributed by atoms with E-state index in [1.807, 2.05) is 18.2 Å². The van der Waals surface area contributed by atoms with E-state index in [4.69, 9.17) is 10.5 Å². The Bertz CT molecular complexity index is 555. The van der Waals surface area contributed by atoms with Gasteiger partial charge in [-0.2, -0.15) is 0 Å². The van der Waals surface area contributed by atoms with Gasteiger partial charge in [-0.15, -0.1) is 0 Å². The highest BCUT2D eigenvalue weighted by Crippen LogP contribution is 2.07. The average molecular weight is 332 g/mol. The molecule has 0 heterocycles. The van der Waals surface area contributed by atoms with Crippen molar-refractivity contribution in [2.75, 3.05) is 18.9 Å². The average Bonchev–Trinajstić information content (AvgIpc) is 2.52. The first-order valence-electron chi connectivity index (χ1n) is 8.43. The zero-order chi connectivity index (χ0) is 17.8. The van der Waals surface area contributed by atoms with Gasteiger partial charge in [-0.1, -0.05) is 38.0 Å². The minimum absolute atomic E-state index is 0.0207. The molecule has 0 aliphatic heterocycles. The molecule has 1 rings (SSSR count). The Kier molecular flexibility index (Phi) is 9.27. The summed E-state index contributed by atoms with van der Waals surface area (Å²) >= 11 is 0. The molecular weight excluding hydrogens is 304 g/mol. The number of carbonyl (C=O) groups is 2. The summed E-state index contributed by atoms with van der Waals surface area (Å²) in [6, 6.07) is 7.38. The van der Waals surface area contributed by atoms with Crippen LogP contribution in [0.2, 0.25) is 0 Å². The molecule has 5 heteroatoms. The minimum Gasteiger partial charge on any atom is -0.462 e. The number of rotatable bonds is 11. The van der Waals surface area contributed by atoms with Crippen molar-refractivity contribution in [2.45, 2.75) is 45.4 Å². The molecule has 132 valence electrons. The summed E-state index contributed by atoms with van der Waals surface area (Å²) < 4.78 is 5.02. The zero-order valence-electron chi connectivity index (χ0n) is 14.5. The molecule has 0 atom stereocenters. The molecular formula is C19H28N2O3. The third-order valence-electron chi connectivity index (χ3n) is 3.54. The molecule has 1 aromatic carbocycles. The van der Waals surface area contributed by atoms with Gasteiger partial charge in [-0.25, -0.2) is 4.79 Å². The van der Waals surface area contributed by atoms with Crippen LogP contribution in [0.3, 0.4) is 0 Å². The molecule has 0 spiro atoms. The van der Waals surface area contributed by atoms with Crippen LogP contribution in [-0.2, 0) is 20.7 Å². The molecule has 0 aliphatic carbocycles. The topological polar surface area (TPSA) is 81.4 Å². The Balaban J connectivity index is 1.97. The van der Waals surface area contributed by atoms with Gasteiger partial charge in [0.05, 0.1) is 13.0 Å². The molecule has 1 aromatic rings. The maximum absolute atomic E-state index is 11.8. The smallest absolute Gasteiger partial charge is 0.333 e. The van der Waals surface area contributed by atoms with Crippen molar-refractivity contribution in [3.8, 4) is 0 Å². The van der Waals surface area contributed by atoms with Gasteiger partial charge in [0.1, 0.15) is 0 Å². The normalized spacial score (nSPS) is 10.2. The molecule has 0 bridgehead atoms. The van der Waals surface area contributed by atoms with E-state index in [1.54, 1.807) is 13.0 Å². The van der Waals surface area contributed by atoms with Crippen LogP contribution < -0.4 is 11.1 Å². The van der Waals surface area contributed by atoms with Crippen molar-refractivity contribution in [1.29, 1.82) is 0 Å². The van der Waals surface area contributed by atoms with Gasteiger partial charge in [0.15, 0.2) is 0 Å². The Labute approximate surface area is 144 Å². The van der Waals surface area contributed by atoms with Crippen LogP contribution in [-0.4, -0.2) is 25.0 Å². The van der Waals surface area contributed by atoms with Crippen LogP contribution in [0, 0.1) is 0 Å². The molecule has 0 fully saturated rings. The van der Waals surface area contributed by atoms with E-state index in [0.29, 0.717) is 30.8 Å². The van der Waals surface area contributed by atoms with E-state index in [2.05, 4.69) is 11.9 Å². The number of hydrogen-bond acceptors (Lipinski definition) is 4. The summed E-state index contributed by atoms with van der Waals surface area (Å²) in [5.41, 5.74) is 7.73. The molecule has 0 aliphatic rings. The summed E-state index contributed by atoms with van der Waals surface area (Å²) in [4.78, 5) is 23.0. The number of unbranched alkanes of at least 4 members (excludes halogenated alkanes) is 4. The van der Waals surface area contributed by atoms with E-state index >= 15 is 0 Å². The highest BCUT2D eigenvalue weighted by atomic mass is 16.5. The van der Waals surface area contributed by atoms with Crippen molar-refractivity contribution in [1.82, 2.24) is 5.32 Å². The van der Waals surface area contributed by atoms with Crippen molar-refractivity contribution in [3.05, 3.63) is 42.0 Å². The van der Waals surface area contributed by atoms with Gasteiger partial charge in [0.2, 0.25) is 5.91 Å². The van der Waals surface area contributed by atoms with Crippen molar-refractivity contribution in [2.24, 2.45) is 0 Å². The Morgan fingerprint density at radius 3 is 2.58 bits per heavy atom. The molecule has 1 amide bonds. The summed E-state index contributed by atoms with van der Waals surface area (Å²) in [5, 5.41) is 2.92. The lowest BCUT2D eigenvalue weighted by Gasteiger charge is -2.06. The Morgan fingerprint density at radius 1 is 1.17 bits per heavy atom. The predicted molar refractivity (Wildman–Crippen MR) is 96.4 cm³/mol. The zero-order valence-corrected chi connectivity index (χ0v) is 14.5. The first-order chi connectivity index (χ1) is 11.5. The first-order valence-corrected chi connectivity index (χ1v) is 8.43. The molecule has 24 heavy (non-hydrogen) atoms. The maximum atomic E-state index is 11.8. The number of esters is 1. The maximum Gasteiger partial charge on any atom is 0.333 e. The lowest BCUT2D eigenvalue weighted by atomic mass is 10.1. The number of amides is 1. The highest BCUT2D eigenvalue weighted by Gasteiger charge is 2.03. The fourth-order valence-corrected chi connectivity index (χ4v) is 2.22. The van der Waals surface area contributed by atoms with Gasteiger partial charge in [-0.05, 0) is 37.5 Å². The lowest BCUT2D eigenvalue weighted by Crippen LogP contribution is -2.26. The van der Waals surface area contributed by atoms with Crippen LogP contribution >= 0.6 is 0 Å². The quantitative estimate of drug-likeness (QED) is 0.282. The SMILES string of the molecule is C=C(C)C(=O)OCCCCCCCNC(=O)Cc1cccc(N)c1. The van der Waals surface area contributed by atoms with E-state index in [0.717, 1.165) is 37.7 Å². The van der Waals surface area contributed by atoms with Crippen LogP contribution in [0.25, 0.3) is 0 Å². The lowest BCUT2D eigenvalue weighted by molar-refractivity contribution is -0.139. The third-order valence-corrected chi connectivity index (χ3v) is 3.54. The molecule has 5 nitrogen and oxygen atoms in total. The van der Waals surface area contributed by atoms with Crippen LogP contribution in [0.4, 0.5) is 5.69 Å². The van der Waals surface area contributed by atoms with Gasteiger partial charge in [0.25, 0.3) is 0 Å². The number of anilines is 1. The second kappa shape index (κ2) is 11.3. The molecule has 0 unspecified atom stereocenters. The number of nitrogen functional groups attached to an aromatic ring is 1. The number of hydrogen-bond donors (Lipinski definition) is 2. The second-order valence-corrected chi connectivity index (χ2v) is 5.96. The second-order valence-electron chi connectivity index (χ2n) is 5.96. The summed E-state index contributed by atoms with van der Waals surface area (Å²) in [7, 11) is 0. The Morgan fingerprint density at radius 2 is 1.88 bits per heavy atom. The highest BCUT2D eigenvalue weighted by molar-refractivity contribution is 5.86. The number of benzene rings is 1. The first kappa shape index (κ1) is 19.7. The third kappa shape index (κ3) is 8.98. The van der Waals surface area contributed by atoms with Gasteiger partial charge in [0, 0.05) is 17.8 Å². The van der Waals surface area contributed by atoms with Gasteiger partial charge >= 0.3 is 5.97 Å². The largest absolute Gasteiger partial charge is 0.462 e. The predicted octanol–water partition coefficient (Wildman–Crippen LogP) is 3.00. The van der Waals surface area contributed by atoms with Crippen LogP contribution in [0.5, 0.6) is 0 Å². The summed E-state index contributed by atoms with van der Waals surface area (Å²) in [5.74, 6) is -0.301. The summed E-state index contributed by atoms with van der Waals surface area (Å²) in [6.07, 6.45) is 5.30. The molecule has 0 radical (unpaired) electrons. The van der Waals surface area contributed by atoms with Gasteiger partial charge in [-0.3, -0.25) is 4.79 Å². The van der Waals surface area contributed by atoms with Crippen molar-refractivity contribution >= 4 is 17.6 Å².